The van der Waals surface area contributed by atoms with Crippen LogP contribution in [0.2, 0.25) is 5.02 Å². The van der Waals surface area contributed by atoms with Gasteiger partial charge in [-0.3, -0.25) is 0 Å². The molecule has 0 unspecified atom stereocenters. The second-order valence-corrected chi connectivity index (χ2v) is 4.35. The summed E-state index contributed by atoms with van der Waals surface area (Å²) in [7, 11) is 0. The van der Waals surface area contributed by atoms with Gasteiger partial charge in [-0.2, -0.15) is 13.2 Å². The fourth-order valence-corrected chi connectivity index (χ4v) is 2.11. The first-order valence-corrected chi connectivity index (χ1v) is 5.67. The summed E-state index contributed by atoms with van der Waals surface area (Å²) in [5, 5.41) is 6.62. The Labute approximate surface area is 102 Å². The van der Waals surface area contributed by atoms with E-state index in [9.17, 15) is 13.2 Å². The smallest absolute Gasteiger partial charge is 0.314 e. The maximum Gasteiger partial charge on any atom is 0.416 e. The SMILES string of the molecule is FC(F)(F)c1ccc(Cl)c([C@@H]2CNCCN2)c1. The molecule has 94 valence electrons. The molecule has 17 heavy (non-hydrogen) atoms. The van der Waals surface area contributed by atoms with E-state index in [0.717, 1.165) is 25.2 Å². The van der Waals surface area contributed by atoms with Gasteiger partial charge in [0.05, 0.1) is 5.56 Å². The van der Waals surface area contributed by atoms with Gasteiger partial charge in [0.2, 0.25) is 0 Å². The highest BCUT2D eigenvalue weighted by atomic mass is 35.5. The number of piperazine rings is 1. The molecule has 2 nitrogen and oxygen atoms in total. The van der Waals surface area contributed by atoms with Crippen LogP contribution in [-0.2, 0) is 6.18 Å². The van der Waals surface area contributed by atoms with Gasteiger partial charge in [-0.1, -0.05) is 11.6 Å². The standard InChI is InChI=1S/C11H12ClF3N2/c12-9-2-1-7(11(13,14)15)5-8(9)10-6-16-3-4-17-10/h1-2,5,10,16-17H,3-4,6H2/t10-/m0/s1. The van der Waals surface area contributed by atoms with Crippen molar-refractivity contribution in [1.29, 1.82) is 0 Å². The maximum absolute atomic E-state index is 12.6. The van der Waals surface area contributed by atoms with Crippen LogP contribution in [0.15, 0.2) is 18.2 Å². The summed E-state index contributed by atoms with van der Waals surface area (Å²) >= 11 is 5.94. The third-order valence-corrected chi connectivity index (χ3v) is 3.08. The number of hydrogen-bond donors (Lipinski definition) is 2. The van der Waals surface area contributed by atoms with Gasteiger partial charge in [-0.25, -0.2) is 0 Å². The Bertz CT molecular complexity index is 400. The van der Waals surface area contributed by atoms with Crippen molar-refractivity contribution >= 4 is 11.6 Å². The van der Waals surface area contributed by atoms with Gasteiger partial charge in [-0.15, -0.1) is 0 Å². The molecular formula is C11H12ClF3N2. The molecule has 0 aromatic heterocycles. The van der Waals surface area contributed by atoms with Crippen LogP contribution in [0.25, 0.3) is 0 Å². The summed E-state index contributed by atoms with van der Waals surface area (Å²) in [5.74, 6) is 0. The average Bonchev–Trinajstić information content (AvgIpc) is 2.29. The third kappa shape index (κ3) is 2.91. The second-order valence-electron chi connectivity index (χ2n) is 3.94. The number of benzene rings is 1. The minimum absolute atomic E-state index is 0.168. The number of alkyl halides is 3. The van der Waals surface area contributed by atoms with Crippen molar-refractivity contribution < 1.29 is 13.2 Å². The van der Waals surface area contributed by atoms with E-state index in [1.54, 1.807) is 0 Å². The molecule has 0 radical (unpaired) electrons. The van der Waals surface area contributed by atoms with Crippen LogP contribution in [0.4, 0.5) is 13.2 Å². The first-order chi connectivity index (χ1) is 7.98. The van der Waals surface area contributed by atoms with Crippen molar-refractivity contribution in [1.82, 2.24) is 10.6 Å². The van der Waals surface area contributed by atoms with E-state index >= 15 is 0 Å². The molecule has 0 amide bonds. The lowest BCUT2D eigenvalue weighted by molar-refractivity contribution is -0.137. The van der Waals surface area contributed by atoms with Gasteiger partial charge >= 0.3 is 6.18 Å². The van der Waals surface area contributed by atoms with Gasteiger partial charge in [0.25, 0.3) is 0 Å². The fraction of sp³-hybridized carbons (Fsp3) is 0.455. The topological polar surface area (TPSA) is 24.1 Å². The molecule has 2 rings (SSSR count). The lowest BCUT2D eigenvalue weighted by Gasteiger charge is -2.26. The molecule has 1 aromatic rings. The van der Waals surface area contributed by atoms with Crippen LogP contribution in [-0.4, -0.2) is 19.6 Å². The Hall–Kier alpha value is -0.780. The van der Waals surface area contributed by atoms with Gasteiger partial charge in [0.1, 0.15) is 0 Å². The fourth-order valence-electron chi connectivity index (χ4n) is 1.86. The highest BCUT2D eigenvalue weighted by Crippen LogP contribution is 2.33. The van der Waals surface area contributed by atoms with Crippen molar-refractivity contribution in [3.63, 3.8) is 0 Å². The summed E-state index contributed by atoms with van der Waals surface area (Å²) in [6.07, 6.45) is -4.33. The molecule has 6 heteroatoms. The zero-order chi connectivity index (χ0) is 12.5. The Morgan fingerprint density at radius 3 is 2.59 bits per heavy atom. The largest absolute Gasteiger partial charge is 0.416 e. The number of hydrogen-bond acceptors (Lipinski definition) is 2. The van der Waals surface area contributed by atoms with Gasteiger partial charge in [0.15, 0.2) is 0 Å². The molecule has 2 N–H and O–H groups in total. The molecule has 0 aliphatic carbocycles. The molecule has 0 saturated carbocycles. The molecule has 1 aromatic carbocycles. The van der Waals surface area contributed by atoms with E-state index in [2.05, 4.69) is 10.6 Å². The molecule has 1 aliphatic heterocycles. The minimum Gasteiger partial charge on any atom is -0.314 e. The van der Waals surface area contributed by atoms with Crippen molar-refractivity contribution in [3.8, 4) is 0 Å². The molecule has 0 bridgehead atoms. The van der Waals surface area contributed by atoms with Crippen LogP contribution >= 0.6 is 11.6 Å². The molecule has 1 fully saturated rings. The minimum atomic E-state index is -4.33. The van der Waals surface area contributed by atoms with Crippen molar-refractivity contribution in [2.75, 3.05) is 19.6 Å². The predicted octanol–water partition coefficient (Wildman–Crippen LogP) is 2.59. The first kappa shape index (κ1) is 12.7. The van der Waals surface area contributed by atoms with E-state index < -0.39 is 11.7 Å². The van der Waals surface area contributed by atoms with Gasteiger partial charge in [0, 0.05) is 30.7 Å². The summed E-state index contributed by atoms with van der Waals surface area (Å²) in [6, 6.07) is 3.25. The highest BCUT2D eigenvalue weighted by molar-refractivity contribution is 6.31. The zero-order valence-corrected chi connectivity index (χ0v) is 9.70. The number of rotatable bonds is 1. The lowest BCUT2D eigenvalue weighted by Crippen LogP contribution is -2.42. The van der Waals surface area contributed by atoms with Crippen LogP contribution < -0.4 is 10.6 Å². The highest BCUT2D eigenvalue weighted by Gasteiger charge is 2.31. The Morgan fingerprint density at radius 1 is 1.24 bits per heavy atom. The first-order valence-electron chi connectivity index (χ1n) is 5.29. The van der Waals surface area contributed by atoms with E-state index in [0.29, 0.717) is 17.1 Å². The van der Waals surface area contributed by atoms with E-state index in [4.69, 9.17) is 11.6 Å². The Balaban J connectivity index is 2.31. The monoisotopic (exact) mass is 264 g/mol. The second kappa shape index (κ2) is 4.84. The van der Waals surface area contributed by atoms with Crippen LogP contribution in [0, 0.1) is 0 Å². The molecule has 1 saturated heterocycles. The normalized spacial score (nSPS) is 21.5. The summed E-state index contributed by atoms with van der Waals surface area (Å²) in [4.78, 5) is 0. The summed E-state index contributed by atoms with van der Waals surface area (Å²) < 4.78 is 37.8. The number of halogens is 4. The Kier molecular flexibility index (Phi) is 3.61. The van der Waals surface area contributed by atoms with Crippen LogP contribution in [0.5, 0.6) is 0 Å². The van der Waals surface area contributed by atoms with E-state index in [1.165, 1.54) is 6.07 Å². The molecular weight excluding hydrogens is 253 g/mol. The van der Waals surface area contributed by atoms with Crippen LogP contribution in [0.1, 0.15) is 17.2 Å². The zero-order valence-electron chi connectivity index (χ0n) is 8.94. The predicted molar refractivity (Wildman–Crippen MR) is 60.1 cm³/mol. The number of nitrogens with one attached hydrogen (secondary N) is 2. The summed E-state index contributed by atoms with van der Waals surface area (Å²) in [5.41, 5.74) is -0.169. The molecule has 0 spiro atoms. The van der Waals surface area contributed by atoms with Crippen molar-refractivity contribution in [2.45, 2.75) is 12.2 Å². The van der Waals surface area contributed by atoms with Crippen LogP contribution in [0.3, 0.4) is 0 Å². The quantitative estimate of drug-likeness (QED) is 0.815. The maximum atomic E-state index is 12.6. The summed E-state index contributed by atoms with van der Waals surface area (Å²) in [6.45, 7) is 2.12. The molecule has 1 heterocycles. The third-order valence-electron chi connectivity index (χ3n) is 2.74. The van der Waals surface area contributed by atoms with E-state index in [1.807, 2.05) is 0 Å². The van der Waals surface area contributed by atoms with Crippen molar-refractivity contribution in [3.05, 3.63) is 34.3 Å². The van der Waals surface area contributed by atoms with Gasteiger partial charge in [-0.05, 0) is 23.8 Å². The van der Waals surface area contributed by atoms with Gasteiger partial charge < -0.3 is 10.6 Å². The Morgan fingerprint density at radius 2 is 2.00 bits per heavy atom. The van der Waals surface area contributed by atoms with Crippen molar-refractivity contribution in [2.24, 2.45) is 0 Å². The van der Waals surface area contributed by atoms with E-state index in [-0.39, 0.29) is 6.04 Å². The average molecular weight is 265 g/mol. The molecule has 1 atom stereocenters. The lowest BCUT2D eigenvalue weighted by atomic mass is 10.0. The molecule has 1 aliphatic rings.